The van der Waals surface area contributed by atoms with Crippen molar-refractivity contribution < 1.29 is 14.4 Å². The molecule has 1 aliphatic heterocycles. The maximum absolute atomic E-state index is 13.8. The summed E-state index contributed by atoms with van der Waals surface area (Å²) in [5, 5.41) is 8.82. The monoisotopic (exact) mass is 495 g/mol. The molecule has 1 atom stereocenters. The number of carbonyl (C=O) groups is 3. The molecular formula is C24H25N5O3S2. The zero-order valence-corrected chi connectivity index (χ0v) is 20.2. The van der Waals surface area contributed by atoms with E-state index in [4.69, 9.17) is 0 Å². The number of anilines is 2. The molecule has 1 unspecified atom stereocenters. The number of aromatic nitrogens is 2. The lowest BCUT2D eigenvalue weighted by Crippen LogP contribution is -2.44. The van der Waals surface area contributed by atoms with E-state index in [1.807, 2.05) is 5.38 Å². The van der Waals surface area contributed by atoms with Crippen molar-refractivity contribution in [1.29, 1.82) is 0 Å². The van der Waals surface area contributed by atoms with E-state index in [0.29, 0.717) is 34.3 Å². The molecule has 3 amide bonds. The molecule has 176 valence electrons. The second-order valence-electron chi connectivity index (χ2n) is 8.53. The summed E-state index contributed by atoms with van der Waals surface area (Å²) in [4.78, 5) is 50.5. The standard InChI is InChI=1S/C24H25N5O3S2/c30-20(15-5-3-9-25-13-15)27-22-19(17-7-1-2-8-18(17)34-22)23(32)29-11-4-6-16(14-29)21(31)28-24-26-10-12-33-24/h3,5,9-10,12-13,16H,1-2,4,6-8,11,14H2,(H,27,30)(H,26,28,31). The fourth-order valence-electron chi connectivity index (χ4n) is 4.58. The highest BCUT2D eigenvalue weighted by molar-refractivity contribution is 7.17. The van der Waals surface area contributed by atoms with Gasteiger partial charge in [-0.05, 0) is 56.2 Å². The number of thiophene rings is 1. The molecule has 8 nitrogen and oxygen atoms in total. The van der Waals surface area contributed by atoms with Crippen LogP contribution in [0.2, 0.25) is 0 Å². The number of nitrogens with one attached hydrogen (secondary N) is 2. The van der Waals surface area contributed by atoms with E-state index in [0.717, 1.165) is 44.1 Å². The molecule has 1 aliphatic carbocycles. The van der Waals surface area contributed by atoms with Gasteiger partial charge in [-0.2, -0.15) is 0 Å². The Morgan fingerprint density at radius 2 is 1.97 bits per heavy atom. The first kappa shape index (κ1) is 22.7. The minimum atomic E-state index is -0.288. The first-order chi connectivity index (χ1) is 16.6. The second kappa shape index (κ2) is 10.0. The molecule has 1 saturated heterocycles. The van der Waals surface area contributed by atoms with Gasteiger partial charge in [-0.15, -0.1) is 22.7 Å². The molecule has 0 spiro atoms. The fourth-order valence-corrected chi connectivity index (χ4v) is 6.39. The van der Waals surface area contributed by atoms with Crippen LogP contribution in [0.3, 0.4) is 0 Å². The van der Waals surface area contributed by atoms with Gasteiger partial charge in [-0.3, -0.25) is 19.4 Å². The second-order valence-corrected chi connectivity index (χ2v) is 10.5. The van der Waals surface area contributed by atoms with E-state index in [9.17, 15) is 14.4 Å². The van der Waals surface area contributed by atoms with Crippen molar-refractivity contribution in [3.8, 4) is 0 Å². The Morgan fingerprint density at radius 1 is 1.09 bits per heavy atom. The molecule has 1 fully saturated rings. The third-order valence-electron chi connectivity index (χ3n) is 6.28. The third kappa shape index (κ3) is 4.74. The topological polar surface area (TPSA) is 104 Å². The molecule has 0 radical (unpaired) electrons. The molecule has 5 rings (SSSR count). The zero-order valence-electron chi connectivity index (χ0n) is 18.6. The van der Waals surface area contributed by atoms with Crippen molar-refractivity contribution in [2.24, 2.45) is 5.92 Å². The first-order valence-electron chi connectivity index (χ1n) is 11.5. The van der Waals surface area contributed by atoms with Crippen molar-refractivity contribution >= 4 is 50.5 Å². The van der Waals surface area contributed by atoms with Crippen molar-refractivity contribution in [2.45, 2.75) is 38.5 Å². The van der Waals surface area contributed by atoms with Crippen molar-refractivity contribution in [1.82, 2.24) is 14.9 Å². The molecule has 10 heteroatoms. The van der Waals surface area contributed by atoms with Crippen LogP contribution in [0.1, 0.15) is 56.8 Å². The molecule has 0 saturated carbocycles. The quantitative estimate of drug-likeness (QED) is 0.551. The molecule has 3 aromatic heterocycles. The molecule has 2 aliphatic rings. The van der Waals surface area contributed by atoms with E-state index < -0.39 is 0 Å². The van der Waals surface area contributed by atoms with Gasteiger partial charge < -0.3 is 15.5 Å². The normalized spacial score (nSPS) is 17.6. The van der Waals surface area contributed by atoms with E-state index >= 15 is 0 Å². The van der Waals surface area contributed by atoms with Crippen LogP contribution < -0.4 is 10.6 Å². The van der Waals surface area contributed by atoms with Crippen LogP contribution in [0.15, 0.2) is 36.1 Å². The Labute approximate surface area is 205 Å². The summed E-state index contributed by atoms with van der Waals surface area (Å²) < 4.78 is 0. The van der Waals surface area contributed by atoms with Crippen molar-refractivity contribution in [3.63, 3.8) is 0 Å². The number of aryl methyl sites for hydroxylation is 1. The van der Waals surface area contributed by atoms with Gasteiger partial charge in [0.05, 0.1) is 17.0 Å². The van der Waals surface area contributed by atoms with Crippen LogP contribution in [0.4, 0.5) is 10.1 Å². The maximum Gasteiger partial charge on any atom is 0.257 e. The van der Waals surface area contributed by atoms with Gasteiger partial charge in [-0.1, -0.05) is 0 Å². The highest BCUT2D eigenvalue weighted by Crippen LogP contribution is 2.39. The van der Waals surface area contributed by atoms with Crippen LogP contribution in [0.25, 0.3) is 0 Å². The van der Waals surface area contributed by atoms with Crippen LogP contribution in [0, 0.1) is 5.92 Å². The number of hydrogen-bond donors (Lipinski definition) is 2. The Kier molecular flexibility index (Phi) is 6.68. The van der Waals surface area contributed by atoms with Gasteiger partial charge in [0.25, 0.3) is 11.8 Å². The lowest BCUT2D eigenvalue weighted by atomic mass is 9.93. The SMILES string of the molecule is O=C(Nc1sc2c(c1C(=O)N1CCCC(C(=O)Nc3nccs3)C1)CCCC2)c1cccnc1. The molecule has 4 heterocycles. The maximum atomic E-state index is 13.8. The first-order valence-corrected chi connectivity index (χ1v) is 13.2. The Balaban J connectivity index is 1.37. The predicted octanol–water partition coefficient (Wildman–Crippen LogP) is 4.22. The number of hydrogen-bond acceptors (Lipinski definition) is 7. The van der Waals surface area contributed by atoms with E-state index in [-0.39, 0.29) is 23.6 Å². The molecular weight excluding hydrogens is 470 g/mol. The summed E-state index contributed by atoms with van der Waals surface area (Å²) in [7, 11) is 0. The van der Waals surface area contributed by atoms with E-state index in [1.165, 1.54) is 33.7 Å². The average molecular weight is 496 g/mol. The number of carbonyl (C=O) groups excluding carboxylic acids is 3. The summed E-state index contributed by atoms with van der Waals surface area (Å²) >= 11 is 2.88. The lowest BCUT2D eigenvalue weighted by molar-refractivity contribution is -0.121. The van der Waals surface area contributed by atoms with Crippen LogP contribution in [-0.2, 0) is 17.6 Å². The van der Waals surface area contributed by atoms with Gasteiger partial charge in [0.1, 0.15) is 5.00 Å². The number of pyridine rings is 1. The Morgan fingerprint density at radius 3 is 2.76 bits per heavy atom. The fraction of sp³-hybridized carbons (Fsp3) is 0.375. The summed E-state index contributed by atoms with van der Waals surface area (Å²) in [5.41, 5.74) is 2.10. The molecule has 2 N–H and O–H groups in total. The highest BCUT2D eigenvalue weighted by Gasteiger charge is 2.34. The zero-order chi connectivity index (χ0) is 23.5. The van der Waals surface area contributed by atoms with Gasteiger partial charge in [-0.25, -0.2) is 4.98 Å². The number of rotatable bonds is 5. The van der Waals surface area contributed by atoms with E-state index in [1.54, 1.807) is 29.4 Å². The summed E-state index contributed by atoms with van der Waals surface area (Å²) in [6.45, 7) is 0.955. The smallest absolute Gasteiger partial charge is 0.257 e. The lowest BCUT2D eigenvalue weighted by Gasteiger charge is -2.32. The van der Waals surface area contributed by atoms with Crippen molar-refractivity contribution in [2.75, 3.05) is 23.7 Å². The minimum absolute atomic E-state index is 0.104. The average Bonchev–Trinajstić information content (AvgIpc) is 3.51. The van der Waals surface area contributed by atoms with Gasteiger partial charge in [0, 0.05) is 41.9 Å². The van der Waals surface area contributed by atoms with Crippen LogP contribution in [0.5, 0.6) is 0 Å². The van der Waals surface area contributed by atoms with Crippen LogP contribution >= 0.6 is 22.7 Å². The molecule has 34 heavy (non-hydrogen) atoms. The molecule has 0 aromatic carbocycles. The largest absolute Gasteiger partial charge is 0.338 e. The minimum Gasteiger partial charge on any atom is -0.338 e. The summed E-state index contributed by atoms with van der Waals surface area (Å²) in [6.07, 6.45) is 10.1. The highest BCUT2D eigenvalue weighted by atomic mass is 32.1. The van der Waals surface area contributed by atoms with E-state index in [2.05, 4.69) is 20.6 Å². The number of piperidine rings is 1. The number of amides is 3. The Hall–Kier alpha value is -3.11. The van der Waals surface area contributed by atoms with Gasteiger partial charge in [0.2, 0.25) is 5.91 Å². The van der Waals surface area contributed by atoms with Gasteiger partial charge in [0.15, 0.2) is 5.13 Å². The number of thiazole rings is 1. The van der Waals surface area contributed by atoms with Crippen LogP contribution in [-0.4, -0.2) is 45.7 Å². The molecule has 0 bridgehead atoms. The summed E-state index contributed by atoms with van der Waals surface area (Å²) in [5.74, 6) is -0.776. The number of likely N-dealkylation sites (tertiary alicyclic amines) is 1. The third-order valence-corrected chi connectivity index (χ3v) is 8.17. The number of fused-ring (bicyclic) bond motifs is 1. The number of nitrogens with zero attached hydrogens (tertiary/aromatic N) is 3. The molecule has 3 aromatic rings. The predicted molar refractivity (Wildman–Crippen MR) is 133 cm³/mol. The summed E-state index contributed by atoms with van der Waals surface area (Å²) in [6, 6.07) is 3.42. The van der Waals surface area contributed by atoms with Gasteiger partial charge >= 0.3 is 0 Å². The van der Waals surface area contributed by atoms with Crippen molar-refractivity contribution in [3.05, 3.63) is 57.7 Å². The Bertz CT molecular complexity index is 1190.